The molecule has 0 spiro atoms. The topological polar surface area (TPSA) is 82.9 Å². The molecule has 0 heterocycles. The third-order valence-electron chi connectivity index (χ3n) is 2.91. The molecule has 0 aliphatic carbocycles. The molecule has 0 bridgehead atoms. The minimum Gasteiger partial charge on any atom is -0.224 e. The highest BCUT2D eigenvalue weighted by Gasteiger charge is 2.13. The molecule has 0 aromatic heterocycles. The fourth-order valence-corrected chi connectivity index (χ4v) is 3.31. The van der Waals surface area contributed by atoms with Gasteiger partial charge in [-0.1, -0.05) is 36.0 Å². The lowest BCUT2D eigenvalue weighted by Gasteiger charge is -2.04. The molecule has 5 nitrogen and oxygen atoms in total. The number of hydrogen-bond acceptors (Lipinski definition) is 3. The van der Waals surface area contributed by atoms with Crippen molar-refractivity contribution in [3.05, 3.63) is 39.7 Å². The van der Waals surface area contributed by atoms with Crippen LogP contribution in [-0.2, 0) is 9.84 Å². The van der Waals surface area contributed by atoms with Crippen molar-refractivity contribution in [2.24, 2.45) is 5.11 Å². The second-order valence-electron chi connectivity index (χ2n) is 4.50. The minimum absolute atomic E-state index is 0.158. The standard InChI is InChI=1S/C13H18ClN3O2S/c14-12-6-8-13(9-7-12)20(18,19)11-5-3-1-2-4-10-16-17-15/h6-9H,1-5,10-11H2. The van der Waals surface area contributed by atoms with Gasteiger partial charge in [-0.25, -0.2) is 8.42 Å². The SMILES string of the molecule is [N-]=[N+]=NCCCCCCCS(=O)(=O)c1ccc(Cl)cc1. The fraction of sp³-hybridized carbons (Fsp3) is 0.538. The highest BCUT2D eigenvalue weighted by atomic mass is 35.5. The maximum absolute atomic E-state index is 12.0. The first kappa shape index (κ1) is 16.8. The van der Waals surface area contributed by atoms with Crippen molar-refractivity contribution < 1.29 is 8.42 Å². The van der Waals surface area contributed by atoms with E-state index < -0.39 is 9.84 Å². The Labute approximate surface area is 124 Å². The van der Waals surface area contributed by atoms with Crippen LogP contribution >= 0.6 is 11.6 Å². The lowest BCUT2D eigenvalue weighted by molar-refractivity contribution is 0.585. The average molecular weight is 316 g/mol. The summed E-state index contributed by atoms with van der Waals surface area (Å²) in [6.07, 6.45) is 4.28. The number of rotatable bonds is 9. The molecular formula is C13H18ClN3O2S. The summed E-state index contributed by atoms with van der Waals surface area (Å²) in [5, 5.41) is 3.98. The molecule has 0 N–H and O–H groups in total. The van der Waals surface area contributed by atoms with Crippen LogP contribution in [0.1, 0.15) is 32.1 Å². The Morgan fingerprint density at radius 3 is 2.30 bits per heavy atom. The third kappa shape index (κ3) is 6.28. The number of benzene rings is 1. The van der Waals surface area contributed by atoms with Crippen molar-refractivity contribution in [2.75, 3.05) is 12.3 Å². The number of halogens is 1. The Hall–Kier alpha value is -1.23. The van der Waals surface area contributed by atoms with Crippen molar-refractivity contribution in [2.45, 2.75) is 37.0 Å². The molecule has 110 valence electrons. The van der Waals surface area contributed by atoms with Crippen LogP contribution in [0, 0.1) is 0 Å². The largest absolute Gasteiger partial charge is 0.224 e. The van der Waals surface area contributed by atoms with Gasteiger partial charge in [-0.3, -0.25) is 0 Å². The fourth-order valence-electron chi connectivity index (χ4n) is 1.81. The Bertz CT molecular complexity index is 551. The summed E-state index contributed by atoms with van der Waals surface area (Å²) < 4.78 is 24.0. The lowest BCUT2D eigenvalue weighted by Crippen LogP contribution is -2.06. The van der Waals surface area contributed by atoms with Gasteiger partial charge >= 0.3 is 0 Å². The van der Waals surface area contributed by atoms with E-state index in [1.54, 1.807) is 12.1 Å². The van der Waals surface area contributed by atoms with E-state index in [4.69, 9.17) is 17.1 Å². The second kappa shape index (κ2) is 8.84. The van der Waals surface area contributed by atoms with Crippen molar-refractivity contribution in [1.82, 2.24) is 0 Å². The van der Waals surface area contributed by atoms with E-state index in [-0.39, 0.29) is 5.75 Å². The molecule has 0 unspecified atom stereocenters. The van der Waals surface area contributed by atoms with Crippen LogP contribution in [0.5, 0.6) is 0 Å². The van der Waals surface area contributed by atoms with Gasteiger partial charge in [0.25, 0.3) is 0 Å². The van der Waals surface area contributed by atoms with Crippen LogP contribution in [0.2, 0.25) is 5.02 Å². The van der Waals surface area contributed by atoms with Gasteiger partial charge in [0.2, 0.25) is 0 Å². The zero-order valence-corrected chi connectivity index (χ0v) is 12.8. The van der Waals surface area contributed by atoms with Gasteiger partial charge in [0.05, 0.1) is 10.6 Å². The smallest absolute Gasteiger partial charge is 0.178 e. The number of hydrogen-bond donors (Lipinski definition) is 0. The first-order valence-electron chi connectivity index (χ1n) is 6.55. The lowest BCUT2D eigenvalue weighted by atomic mass is 10.2. The van der Waals surface area contributed by atoms with Crippen LogP contribution in [0.3, 0.4) is 0 Å². The van der Waals surface area contributed by atoms with Crippen LogP contribution < -0.4 is 0 Å². The number of sulfone groups is 1. The van der Waals surface area contributed by atoms with Gasteiger partial charge in [0.15, 0.2) is 9.84 Å². The van der Waals surface area contributed by atoms with Crippen molar-refractivity contribution >= 4 is 21.4 Å². The number of nitrogens with zero attached hydrogens (tertiary/aromatic N) is 3. The van der Waals surface area contributed by atoms with Gasteiger partial charge in [-0.05, 0) is 42.6 Å². The summed E-state index contributed by atoms with van der Waals surface area (Å²) in [5.74, 6) is 0.158. The van der Waals surface area contributed by atoms with Crippen LogP contribution in [-0.4, -0.2) is 20.7 Å². The maximum atomic E-state index is 12.0. The third-order valence-corrected chi connectivity index (χ3v) is 4.98. The van der Waals surface area contributed by atoms with E-state index in [9.17, 15) is 8.42 Å². The predicted molar refractivity (Wildman–Crippen MR) is 80.6 cm³/mol. The number of unbranched alkanes of at least 4 members (excludes halogenated alkanes) is 4. The molecule has 0 fully saturated rings. The number of azide groups is 1. The molecule has 0 atom stereocenters. The van der Waals surface area contributed by atoms with Gasteiger partial charge in [-0.2, -0.15) is 0 Å². The molecule has 1 aromatic rings. The van der Waals surface area contributed by atoms with E-state index in [0.29, 0.717) is 22.9 Å². The van der Waals surface area contributed by atoms with Gasteiger partial charge in [0.1, 0.15) is 0 Å². The van der Waals surface area contributed by atoms with E-state index in [1.807, 2.05) is 0 Å². The summed E-state index contributed by atoms with van der Waals surface area (Å²) in [5.41, 5.74) is 8.11. The van der Waals surface area contributed by atoms with E-state index >= 15 is 0 Å². The van der Waals surface area contributed by atoms with Crippen LogP contribution in [0.4, 0.5) is 0 Å². The zero-order valence-electron chi connectivity index (χ0n) is 11.2. The Morgan fingerprint density at radius 1 is 1.05 bits per heavy atom. The molecule has 0 aliphatic rings. The molecule has 0 amide bonds. The Kier molecular flexibility index (Phi) is 7.44. The quantitative estimate of drug-likeness (QED) is 0.293. The summed E-state index contributed by atoms with van der Waals surface area (Å²) in [4.78, 5) is 3.00. The molecule has 0 saturated carbocycles. The van der Waals surface area contributed by atoms with Gasteiger partial charge < -0.3 is 0 Å². The minimum atomic E-state index is -3.20. The van der Waals surface area contributed by atoms with E-state index in [2.05, 4.69) is 10.0 Å². The first-order valence-corrected chi connectivity index (χ1v) is 8.58. The molecule has 1 aromatic carbocycles. The van der Waals surface area contributed by atoms with Gasteiger partial charge in [0, 0.05) is 16.5 Å². The van der Waals surface area contributed by atoms with Crippen LogP contribution in [0.15, 0.2) is 34.3 Å². The summed E-state index contributed by atoms with van der Waals surface area (Å²) >= 11 is 5.73. The summed E-state index contributed by atoms with van der Waals surface area (Å²) in [7, 11) is -3.20. The molecule has 7 heteroatoms. The zero-order chi connectivity index (χ0) is 14.8. The first-order chi connectivity index (χ1) is 9.56. The van der Waals surface area contributed by atoms with Crippen LogP contribution in [0.25, 0.3) is 10.4 Å². The van der Waals surface area contributed by atoms with Crippen molar-refractivity contribution in [1.29, 1.82) is 0 Å². The monoisotopic (exact) mass is 315 g/mol. The highest BCUT2D eigenvalue weighted by Crippen LogP contribution is 2.17. The van der Waals surface area contributed by atoms with Crippen molar-refractivity contribution in [3.8, 4) is 0 Å². The molecule has 0 aliphatic heterocycles. The Morgan fingerprint density at radius 2 is 1.65 bits per heavy atom. The molecule has 0 radical (unpaired) electrons. The van der Waals surface area contributed by atoms with E-state index in [1.165, 1.54) is 12.1 Å². The Balaban J connectivity index is 2.27. The normalized spacial score (nSPS) is 11.1. The molecular weight excluding hydrogens is 298 g/mol. The molecule has 1 rings (SSSR count). The highest BCUT2D eigenvalue weighted by molar-refractivity contribution is 7.91. The maximum Gasteiger partial charge on any atom is 0.178 e. The van der Waals surface area contributed by atoms with E-state index in [0.717, 1.165) is 25.7 Å². The van der Waals surface area contributed by atoms with Gasteiger partial charge in [-0.15, -0.1) is 0 Å². The van der Waals surface area contributed by atoms with Crippen molar-refractivity contribution in [3.63, 3.8) is 0 Å². The summed E-state index contributed by atoms with van der Waals surface area (Å²) in [6.45, 7) is 0.513. The summed E-state index contributed by atoms with van der Waals surface area (Å²) in [6, 6.07) is 6.25. The predicted octanol–water partition coefficient (Wildman–Crippen LogP) is 4.37. The average Bonchev–Trinajstić information content (AvgIpc) is 2.42. The molecule has 20 heavy (non-hydrogen) atoms. The second-order valence-corrected chi connectivity index (χ2v) is 7.04. The molecule has 0 saturated heterocycles.